The fourth-order valence-electron chi connectivity index (χ4n) is 4.72. The minimum atomic E-state index is -4.33. The van der Waals surface area contributed by atoms with E-state index >= 15 is 0 Å². The van der Waals surface area contributed by atoms with Crippen LogP contribution in [0.1, 0.15) is 25.0 Å². The maximum atomic E-state index is 14.5. The van der Waals surface area contributed by atoms with Gasteiger partial charge in [-0.2, -0.15) is 0 Å². The number of rotatable bonds is 13. The molecule has 242 valence electrons. The van der Waals surface area contributed by atoms with Crippen LogP contribution in [0.3, 0.4) is 0 Å². The molecule has 1 unspecified atom stereocenters. The maximum absolute atomic E-state index is 14.5. The summed E-state index contributed by atoms with van der Waals surface area (Å²) < 4.78 is 29.1. The number of sulfonamides is 1. The first-order valence-electron chi connectivity index (χ1n) is 14.4. The van der Waals surface area contributed by atoms with Gasteiger partial charge in [0.05, 0.1) is 25.7 Å². The molecular formula is C34H33Cl4N3O4S. The zero-order valence-corrected chi connectivity index (χ0v) is 29.0. The van der Waals surface area contributed by atoms with Crippen molar-refractivity contribution in [3.8, 4) is 0 Å². The molecule has 0 saturated heterocycles. The van der Waals surface area contributed by atoms with Gasteiger partial charge in [0.2, 0.25) is 11.8 Å². The molecule has 46 heavy (non-hydrogen) atoms. The van der Waals surface area contributed by atoms with Gasteiger partial charge in [0.15, 0.2) is 0 Å². The van der Waals surface area contributed by atoms with E-state index in [4.69, 9.17) is 46.4 Å². The molecule has 4 aromatic rings. The quantitative estimate of drug-likeness (QED) is 0.152. The number of carbonyl (C=O) groups excluding carboxylic acids is 2. The normalized spacial score (nSPS) is 12.1. The largest absolute Gasteiger partial charge is 0.354 e. The highest BCUT2D eigenvalue weighted by Gasteiger charge is 2.35. The van der Waals surface area contributed by atoms with Crippen LogP contribution < -0.4 is 9.62 Å². The van der Waals surface area contributed by atoms with E-state index in [1.807, 2.05) is 44.2 Å². The monoisotopic (exact) mass is 719 g/mol. The van der Waals surface area contributed by atoms with Crippen molar-refractivity contribution in [3.63, 3.8) is 0 Å². The third-order valence-corrected chi connectivity index (χ3v) is 10.1. The van der Waals surface area contributed by atoms with E-state index in [-0.39, 0.29) is 50.4 Å². The summed E-state index contributed by atoms with van der Waals surface area (Å²) in [4.78, 5) is 29.7. The van der Waals surface area contributed by atoms with Gasteiger partial charge in [-0.25, -0.2) is 8.42 Å². The van der Waals surface area contributed by atoms with E-state index in [2.05, 4.69) is 5.32 Å². The Labute approximate surface area is 290 Å². The fraction of sp³-hybridized carbons (Fsp3) is 0.235. The highest BCUT2D eigenvalue weighted by molar-refractivity contribution is 7.92. The molecule has 0 aliphatic heterocycles. The van der Waals surface area contributed by atoms with Crippen LogP contribution in [0.15, 0.2) is 102 Å². The van der Waals surface area contributed by atoms with Gasteiger partial charge >= 0.3 is 0 Å². The third kappa shape index (κ3) is 9.17. The number of anilines is 1. The summed E-state index contributed by atoms with van der Waals surface area (Å²) in [6, 6.07) is 25.2. The molecule has 7 nitrogen and oxygen atoms in total. The molecule has 0 bridgehead atoms. The van der Waals surface area contributed by atoms with Crippen molar-refractivity contribution in [2.24, 2.45) is 5.92 Å². The number of nitrogens with zero attached hydrogens (tertiary/aromatic N) is 2. The highest BCUT2D eigenvalue weighted by Crippen LogP contribution is 2.33. The van der Waals surface area contributed by atoms with Crippen LogP contribution in [0.4, 0.5) is 5.69 Å². The van der Waals surface area contributed by atoms with Crippen molar-refractivity contribution in [1.29, 1.82) is 0 Å². The van der Waals surface area contributed by atoms with Crippen LogP contribution in [-0.2, 0) is 32.6 Å². The maximum Gasteiger partial charge on any atom is 0.264 e. The Bertz CT molecular complexity index is 1770. The van der Waals surface area contributed by atoms with E-state index in [1.54, 1.807) is 36.4 Å². The smallest absolute Gasteiger partial charge is 0.264 e. The first-order chi connectivity index (χ1) is 21.9. The zero-order valence-electron chi connectivity index (χ0n) is 25.2. The molecule has 0 heterocycles. The van der Waals surface area contributed by atoms with Gasteiger partial charge < -0.3 is 10.2 Å². The van der Waals surface area contributed by atoms with Gasteiger partial charge in [0.1, 0.15) is 12.6 Å². The van der Waals surface area contributed by atoms with Crippen molar-refractivity contribution in [2.45, 2.75) is 37.8 Å². The number of halogens is 4. The topological polar surface area (TPSA) is 86.8 Å². The molecule has 0 saturated carbocycles. The third-order valence-electron chi connectivity index (χ3n) is 7.08. The van der Waals surface area contributed by atoms with Crippen LogP contribution in [0.25, 0.3) is 0 Å². The van der Waals surface area contributed by atoms with E-state index in [1.165, 1.54) is 35.2 Å². The molecule has 0 radical (unpaired) electrons. The van der Waals surface area contributed by atoms with Crippen molar-refractivity contribution < 1.29 is 18.0 Å². The Morgan fingerprint density at radius 1 is 0.761 bits per heavy atom. The van der Waals surface area contributed by atoms with E-state index in [0.717, 1.165) is 9.87 Å². The molecule has 0 spiro atoms. The summed E-state index contributed by atoms with van der Waals surface area (Å²) in [5, 5.41) is 3.85. The predicted octanol–water partition coefficient (Wildman–Crippen LogP) is 7.91. The number of hydrogen-bond acceptors (Lipinski definition) is 4. The summed E-state index contributed by atoms with van der Waals surface area (Å²) in [5.74, 6) is -0.886. The zero-order chi connectivity index (χ0) is 33.4. The van der Waals surface area contributed by atoms with Crippen LogP contribution in [0, 0.1) is 5.92 Å². The standard InChI is InChI=1S/C34H33Cl4N3O4S/c1-23(2)20-39-34(43)32(18-24-9-5-3-6-10-24)40(21-25-13-15-28(36)30(38)17-25)33(42)22-41(31-19-26(35)14-16-29(31)37)46(44,45)27-11-7-4-8-12-27/h3-17,19,23,32H,18,20-22H2,1-2H3,(H,39,43). The lowest BCUT2D eigenvalue weighted by atomic mass is 10.0. The first-order valence-corrected chi connectivity index (χ1v) is 17.4. The van der Waals surface area contributed by atoms with E-state index in [0.29, 0.717) is 17.1 Å². The lowest BCUT2D eigenvalue weighted by Crippen LogP contribution is -2.53. The second-order valence-electron chi connectivity index (χ2n) is 11.0. The van der Waals surface area contributed by atoms with Gasteiger partial charge in [0, 0.05) is 24.5 Å². The average Bonchev–Trinajstić information content (AvgIpc) is 3.04. The second kappa shape index (κ2) is 16.0. The minimum absolute atomic E-state index is 0.0183. The van der Waals surface area contributed by atoms with Gasteiger partial charge in [-0.1, -0.05) is 115 Å². The fourth-order valence-corrected chi connectivity index (χ4v) is 6.92. The molecule has 1 atom stereocenters. The summed E-state index contributed by atoms with van der Waals surface area (Å²) in [7, 11) is -4.33. The molecule has 2 amide bonds. The van der Waals surface area contributed by atoms with Crippen LogP contribution in [0.5, 0.6) is 0 Å². The molecule has 0 aliphatic carbocycles. The summed E-state index contributed by atoms with van der Waals surface area (Å²) in [5.41, 5.74) is 1.42. The number of hydrogen-bond donors (Lipinski definition) is 1. The van der Waals surface area contributed by atoms with Crippen molar-refractivity contribution in [3.05, 3.63) is 128 Å². The lowest BCUT2D eigenvalue weighted by molar-refractivity contribution is -0.140. The van der Waals surface area contributed by atoms with Gasteiger partial charge in [-0.05, 0) is 59.5 Å². The molecule has 4 aromatic carbocycles. The van der Waals surface area contributed by atoms with Crippen LogP contribution in [0.2, 0.25) is 20.1 Å². The molecule has 0 aromatic heterocycles. The van der Waals surface area contributed by atoms with Crippen LogP contribution >= 0.6 is 46.4 Å². The van der Waals surface area contributed by atoms with Gasteiger partial charge in [-0.3, -0.25) is 13.9 Å². The first kappa shape index (κ1) is 35.6. The Hall–Kier alpha value is -3.27. The number of amides is 2. The molecule has 0 fully saturated rings. The molecular weight excluding hydrogens is 688 g/mol. The Kier molecular flexibility index (Phi) is 12.4. The predicted molar refractivity (Wildman–Crippen MR) is 186 cm³/mol. The van der Waals surface area contributed by atoms with E-state index < -0.39 is 28.5 Å². The van der Waals surface area contributed by atoms with Crippen molar-refractivity contribution in [2.75, 3.05) is 17.4 Å². The van der Waals surface area contributed by atoms with Crippen molar-refractivity contribution in [1.82, 2.24) is 10.2 Å². The Balaban J connectivity index is 1.83. The SMILES string of the molecule is CC(C)CNC(=O)C(Cc1ccccc1)N(Cc1ccc(Cl)c(Cl)c1)C(=O)CN(c1cc(Cl)ccc1Cl)S(=O)(=O)c1ccccc1. The van der Waals surface area contributed by atoms with Gasteiger partial charge in [0.25, 0.3) is 10.0 Å². The number of nitrogens with one attached hydrogen (secondary N) is 1. The Morgan fingerprint density at radius 2 is 1.39 bits per heavy atom. The van der Waals surface area contributed by atoms with E-state index in [9.17, 15) is 18.0 Å². The number of benzene rings is 4. The highest BCUT2D eigenvalue weighted by atomic mass is 35.5. The minimum Gasteiger partial charge on any atom is -0.354 e. The summed E-state index contributed by atoms with van der Waals surface area (Å²) in [6.45, 7) is 3.57. The van der Waals surface area contributed by atoms with Crippen LogP contribution in [-0.4, -0.2) is 44.3 Å². The molecule has 12 heteroatoms. The lowest BCUT2D eigenvalue weighted by Gasteiger charge is -2.34. The Morgan fingerprint density at radius 3 is 2.02 bits per heavy atom. The van der Waals surface area contributed by atoms with Gasteiger partial charge in [-0.15, -0.1) is 0 Å². The number of carbonyl (C=O) groups is 2. The average molecular weight is 722 g/mol. The summed E-state index contributed by atoms with van der Waals surface area (Å²) >= 11 is 25.3. The summed E-state index contributed by atoms with van der Waals surface area (Å²) in [6.07, 6.45) is 0.168. The molecule has 0 aliphatic rings. The molecule has 4 rings (SSSR count). The van der Waals surface area contributed by atoms with Crippen molar-refractivity contribution >= 4 is 73.9 Å². The second-order valence-corrected chi connectivity index (χ2v) is 14.6. The molecule has 1 N–H and O–H groups in total.